The molecule has 0 saturated heterocycles. The zero-order valence-corrected chi connectivity index (χ0v) is 8.33. The minimum atomic E-state index is 0.0611. The summed E-state index contributed by atoms with van der Waals surface area (Å²) < 4.78 is 0. The maximum atomic E-state index is 8.64. The predicted molar refractivity (Wildman–Crippen MR) is 53.4 cm³/mol. The third-order valence-corrected chi connectivity index (χ3v) is 1.82. The van der Waals surface area contributed by atoms with E-state index in [1.165, 1.54) is 0 Å². The van der Waals surface area contributed by atoms with Gasteiger partial charge in [0.2, 0.25) is 0 Å². The van der Waals surface area contributed by atoms with E-state index in [-0.39, 0.29) is 12.0 Å². The number of aromatic amines is 1. The van der Waals surface area contributed by atoms with Crippen LogP contribution in [-0.4, -0.2) is 21.9 Å². The van der Waals surface area contributed by atoms with Crippen LogP contribution in [-0.2, 0) is 5.41 Å². The van der Waals surface area contributed by atoms with Gasteiger partial charge in [0.15, 0.2) is 0 Å². The Balaban J connectivity index is 2.96. The van der Waals surface area contributed by atoms with Crippen molar-refractivity contribution in [2.75, 3.05) is 6.61 Å². The van der Waals surface area contributed by atoms with Crippen LogP contribution >= 0.6 is 0 Å². The number of nitrogens with zero attached hydrogens (tertiary/aromatic N) is 1. The second-order valence-corrected chi connectivity index (χ2v) is 4.04. The fraction of sp³-hybridized carbons (Fsp3) is 0.500. The molecule has 13 heavy (non-hydrogen) atoms. The van der Waals surface area contributed by atoms with Gasteiger partial charge in [0.05, 0.1) is 12.8 Å². The Labute approximate surface area is 78.5 Å². The Morgan fingerprint density at radius 3 is 2.77 bits per heavy atom. The zero-order chi connectivity index (χ0) is 9.90. The van der Waals surface area contributed by atoms with Crippen molar-refractivity contribution < 1.29 is 5.11 Å². The molecule has 0 amide bonds. The van der Waals surface area contributed by atoms with Crippen molar-refractivity contribution in [3.05, 3.63) is 23.5 Å². The van der Waals surface area contributed by atoms with Gasteiger partial charge in [-0.3, -0.25) is 5.10 Å². The monoisotopic (exact) mass is 180 g/mol. The van der Waals surface area contributed by atoms with Gasteiger partial charge in [0.25, 0.3) is 0 Å². The van der Waals surface area contributed by atoms with Crippen molar-refractivity contribution in [2.24, 2.45) is 0 Å². The molecule has 0 unspecified atom stereocenters. The third kappa shape index (κ3) is 2.42. The average Bonchev–Trinajstić information content (AvgIpc) is 2.47. The minimum Gasteiger partial charge on any atom is -0.392 e. The number of aliphatic hydroxyl groups is 1. The smallest absolute Gasteiger partial charge is 0.0615 e. The first-order valence-electron chi connectivity index (χ1n) is 4.37. The maximum absolute atomic E-state index is 8.64. The Morgan fingerprint density at radius 1 is 1.54 bits per heavy atom. The standard InChI is InChI=1S/C10H16N2O/c1-10(2,3)9-8(5-4-6-13)7-11-12-9/h4-5,7,13H,6H2,1-3H3,(H,11,12)/b5-4+. The van der Waals surface area contributed by atoms with Gasteiger partial charge in [-0.2, -0.15) is 5.10 Å². The summed E-state index contributed by atoms with van der Waals surface area (Å²) in [5.74, 6) is 0. The lowest BCUT2D eigenvalue weighted by Crippen LogP contribution is -2.13. The van der Waals surface area contributed by atoms with E-state index < -0.39 is 0 Å². The lowest BCUT2D eigenvalue weighted by molar-refractivity contribution is 0.343. The van der Waals surface area contributed by atoms with Crippen LogP contribution in [0, 0.1) is 0 Å². The normalized spacial score (nSPS) is 12.6. The Hall–Kier alpha value is -1.09. The van der Waals surface area contributed by atoms with E-state index in [0.29, 0.717) is 0 Å². The van der Waals surface area contributed by atoms with E-state index in [9.17, 15) is 0 Å². The highest BCUT2D eigenvalue weighted by atomic mass is 16.2. The summed E-state index contributed by atoms with van der Waals surface area (Å²) in [5, 5.41) is 15.6. The minimum absolute atomic E-state index is 0.0611. The topological polar surface area (TPSA) is 48.9 Å². The molecule has 0 fully saturated rings. The number of aliphatic hydroxyl groups excluding tert-OH is 1. The molecular weight excluding hydrogens is 164 g/mol. The Bertz CT molecular complexity index is 294. The number of H-pyrrole nitrogens is 1. The van der Waals surface area contributed by atoms with Crippen molar-refractivity contribution in [3.63, 3.8) is 0 Å². The van der Waals surface area contributed by atoms with Crippen molar-refractivity contribution in [1.82, 2.24) is 10.2 Å². The average molecular weight is 180 g/mol. The highest BCUT2D eigenvalue weighted by Gasteiger charge is 2.18. The molecule has 0 radical (unpaired) electrons. The second-order valence-electron chi connectivity index (χ2n) is 4.04. The number of aromatic nitrogens is 2. The van der Waals surface area contributed by atoms with Crippen LogP contribution in [0.3, 0.4) is 0 Å². The Morgan fingerprint density at radius 2 is 2.23 bits per heavy atom. The molecule has 0 bridgehead atoms. The molecule has 3 heteroatoms. The van der Waals surface area contributed by atoms with E-state index in [0.717, 1.165) is 11.3 Å². The van der Waals surface area contributed by atoms with Crippen LogP contribution in [0.2, 0.25) is 0 Å². The van der Waals surface area contributed by atoms with Gasteiger partial charge >= 0.3 is 0 Å². The van der Waals surface area contributed by atoms with E-state index in [2.05, 4.69) is 31.0 Å². The highest BCUT2D eigenvalue weighted by Crippen LogP contribution is 2.23. The molecule has 3 nitrogen and oxygen atoms in total. The summed E-state index contributed by atoms with van der Waals surface area (Å²) in [5.41, 5.74) is 2.20. The molecule has 1 aromatic heterocycles. The summed E-state index contributed by atoms with van der Waals surface area (Å²) in [6, 6.07) is 0. The lowest BCUT2D eigenvalue weighted by atomic mass is 9.89. The van der Waals surface area contributed by atoms with Crippen LogP contribution in [0.5, 0.6) is 0 Å². The summed E-state index contributed by atoms with van der Waals surface area (Å²) in [6.45, 7) is 6.43. The summed E-state index contributed by atoms with van der Waals surface area (Å²) in [6.07, 6.45) is 5.36. The molecule has 1 aromatic rings. The highest BCUT2D eigenvalue weighted by molar-refractivity contribution is 5.52. The van der Waals surface area contributed by atoms with Crippen LogP contribution in [0.15, 0.2) is 12.3 Å². The first-order valence-corrected chi connectivity index (χ1v) is 4.37. The Kier molecular flexibility index (Phi) is 2.88. The molecule has 0 spiro atoms. The summed E-state index contributed by atoms with van der Waals surface area (Å²) >= 11 is 0. The van der Waals surface area contributed by atoms with Gasteiger partial charge in [0, 0.05) is 16.7 Å². The molecule has 0 aromatic carbocycles. The van der Waals surface area contributed by atoms with Gasteiger partial charge in [-0.05, 0) is 0 Å². The summed E-state index contributed by atoms with van der Waals surface area (Å²) in [4.78, 5) is 0. The number of rotatable bonds is 2. The fourth-order valence-corrected chi connectivity index (χ4v) is 1.20. The van der Waals surface area contributed by atoms with E-state index >= 15 is 0 Å². The van der Waals surface area contributed by atoms with Gasteiger partial charge in [0.1, 0.15) is 0 Å². The number of nitrogens with one attached hydrogen (secondary N) is 1. The molecule has 0 atom stereocenters. The van der Waals surface area contributed by atoms with Gasteiger partial charge in [-0.1, -0.05) is 32.9 Å². The lowest BCUT2D eigenvalue weighted by Gasteiger charge is -2.16. The van der Waals surface area contributed by atoms with Gasteiger partial charge < -0.3 is 5.11 Å². The van der Waals surface area contributed by atoms with Crippen molar-refractivity contribution in [2.45, 2.75) is 26.2 Å². The second kappa shape index (κ2) is 3.75. The fourth-order valence-electron chi connectivity index (χ4n) is 1.20. The van der Waals surface area contributed by atoms with Crippen LogP contribution in [0.25, 0.3) is 6.08 Å². The van der Waals surface area contributed by atoms with Crippen LogP contribution in [0.4, 0.5) is 0 Å². The van der Waals surface area contributed by atoms with Gasteiger partial charge in [-0.25, -0.2) is 0 Å². The first kappa shape index (κ1) is 9.99. The molecule has 0 aliphatic rings. The van der Waals surface area contributed by atoms with Crippen LogP contribution < -0.4 is 0 Å². The quantitative estimate of drug-likeness (QED) is 0.728. The zero-order valence-electron chi connectivity index (χ0n) is 8.33. The van der Waals surface area contributed by atoms with Crippen LogP contribution in [0.1, 0.15) is 32.0 Å². The van der Waals surface area contributed by atoms with E-state index in [1.54, 1.807) is 12.3 Å². The number of hydrogen-bond donors (Lipinski definition) is 2. The molecule has 0 aliphatic heterocycles. The molecule has 2 N–H and O–H groups in total. The largest absolute Gasteiger partial charge is 0.392 e. The third-order valence-electron chi connectivity index (χ3n) is 1.82. The molecule has 0 aliphatic carbocycles. The van der Waals surface area contributed by atoms with Crippen molar-refractivity contribution >= 4 is 6.08 Å². The molecule has 1 heterocycles. The van der Waals surface area contributed by atoms with Crippen molar-refractivity contribution in [1.29, 1.82) is 0 Å². The van der Waals surface area contributed by atoms with Crippen molar-refractivity contribution in [3.8, 4) is 0 Å². The van der Waals surface area contributed by atoms with Gasteiger partial charge in [-0.15, -0.1) is 0 Å². The number of hydrogen-bond acceptors (Lipinski definition) is 2. The SMILES string of the molecule is CC(C)(C)c1[nH]ncc1/C=C/CO. The molecular formula is C10H16N2O. The maximum Gasteiger partial charge on any atom is 0.0615 e. The summed E-state index contributed by atoms with van der Waals surface area (Å²) in [7, 11) is 0. The predicted octanol–water partition coefficient (Wildman–Crippen LogP) is 1.71. The molecule has 0 saturated carbocycles. The first-order chi connectivity index (χ1) is 6.05. The molecule has 72 valence electrons. The molecule has 1 rings (SSSR count). The van der Waals surface area contributed by atoms with E-state index in [1.807, 2.05) is 6.08 Å². The van der Waals surface area contributed by atoms with E-state index in [4.69, 9.17) is 5.11 Å².